The van der Waals surface area contributed by atoms with E-state index < -0.39 is 0 Å². The minimum absolute atomic E-state index is 0. The monoisotopic (exact) mass is 382 g/mol. The quantitative estimate of drug-likeness (QED) is 0.221. The summed E-state index contributed by atoms with van der Waals surface area (Å²) in [5.41, 5.74) is 0. The predicted octanol–water partition coefficient (Wildman–Crippen LogP) is 1.60. The van der Waals surface area contributed by atoms with Gasteiger partial charge < -0.3 is 15.5 Å². The van der Waals surface area contributed by atoms with Crippen LogP contribution in [-0.2, 0) is 4.79 Å². The van der Waals surface area contributed by atoms with E-state index in [1.807, 2.05) is 20.0 Å². The van der Waals surface area contributed by atoms with Crippen molar-refractivity contribution < 1.29 is 4.79 Å². The fourth-order valence-electron chi connectivity index (χ4n) is 1.44. The molecule has 5 nitrogen and oxygen atoms in total. The van der Waals surface area contributed by atoms with Gasteiger partial charge in [0.15, 0.2) is 5.96 Å². The predicted molar refractivity (Wildman–Crippen MR) is 92.1 cm³/mol. The van der Waals surface area contributed by atoms with Gasteiger partial charge in [0.1, 0.15) is 0 Å². The Bertz CT molecular complexity index is 282. The van der Waals surface area contributed by atoms with E-state index in [-0.39, 0.29) is 29.9 Å². The highest BCUT2D eigenvalue weighted by Crippen LogP contribution is 1.94. The molecule has 0 aromatic carbocycles. The molecule has 0 aromatic rings. The van der Waals surface area contributed by atoms with E-state index in [0.29, 0.717) is 13.1 Å². The Labute approximate surface area is 133 Å². The summed E-state index contributed by atoms with van der Waals surface area (Å²) < 4.78 is 0. The topological polar surface area (TPSA) is 56.7 Å². The average molecular weight is 382 g/mol. The first-order valence-corrected chi connectivity index (χ1v) is 6.46. The van der Waals surface area contributed by atoms with E-state index in [4.69, 9.17) is 0 Å². The van der Waals surface area contributed by atoms with Crippen molar-refractivity contribution in [1.29, 1.82) is 0 Å². The molecule has 0 fully saturated rings. The normalized spacial score (nSPS) is 10.4. The molecule has 0 saturated heterocycles. The number of allylic oxidation sites excluding steroid dienone is 1. The fourth-order valence-corrected chi connectivity index (χ4v) is 1.44. The molecular weight excluding hydrogens is 355 g/mol. The summed E-state index contributed by atoms with van der Waals surface area (Å²) in [4.78, 5) is 17.3. The van der Waals surface area contributed by atoms with Gasteiger partial charge in [-0.2, -0.15) is 0 Å². The second kappa shape index (κ2) is 13.6. The average Bonchev–Trinajstić information content (AvgIpc) is 2.33. The number of carbonyl (C=O) groups excluding carboxylic acids is 1. The van der Waals surface area contributed by atoms with Gasteiger partial charge in [-0.25, -0.2) is 0 Å². The molecule has 2 N–H and O–H groups in total. The molecule has 0 heterocycles. The Morgan fingerprint density at radius 2 is 2.11 bits per heavy atom. The summed E-state index contributed by atoms with van der Waals surface area (Å²) in [5, 5.41) is 5.96. The number of hydrogen-bond donors (Lipinski definition) is 2. The van der Waals surface area contributed by atoms with Crippen molar-refractivity contribution in [3.63, 3.8) is 0 Å². The van der Waals surface area contributed by atoms with Gasteiger partial charge in [-0.15, -0.1) is 30.6 Å². The van der Waals surface area contributed by atoms with E-state index in [9.17, 15) is 4.79 Å². The van der Waals surface area contributed by atoms with Gasteiger partial charge in [0.2, 0.25) is 5.91 Å². The maximum absolute atomic E-state index is 10.7. The lowest BCUT2D eigenvalue weighted by molar-refractivity contribution is -0.118. The molecule has 0 aliphatic carbocycles. The molecule has 0 saturated carbocycles. The first-order chi connectivity index (χ1) is 8.61. The van der Waals surface area contributed by atoms with Crippen molar-refractivity contribution in [2.75, 3.05) is 33.2 Å². The molecule has 19 heavy (non-hydrogen) atoms. The van der Waals surface area contributed by atoms with Crippen LogP contribution >= 0.6 is 24.0 Å². The molecule has 0 bridgehead atoms. The zero-order valence-electron chi connectivity index (χ0n) is 12.2. The SMILES string of the molecule is C=CCCCN(C)C(=NCCNC(C)=O)NCC.I. The van der Waals surface area contributed by atoms with Crippen LogP contribution in [0.2, 0.25) is 0 Å². The van der Waals surface area contributed by atoms with Crippen molar-refractivity contribution >= 4 is 35.8 Å². The molecule has 0 radical (unpaired) electrons. The Kier molecular flexibility index (Phi) is 14.7. The number of nitrogens with zero attached hydrogens (tertiary/aromatic N) is 2. The van der Waals surface area contributed by atoms with E-state index in [0.717, 1.165) is 31.9 Å². The van der Waals surface area contributed by atoms with Crippen molar-refractivity contribution in [3.8, 4) is 0 Å². The molecule has 0 aliphatic rings. The number of hydrogen-bond acceptors (Lipinski definition) is 2. The van der Waals surface area contributed by atoms with Crippen molar-refractivity contribution in [1.82, 2.24) is 15.5 Å². The summed E-state index contributed by atoms with van der Waals surface area (Å²) in [7, 11) is 2.02. The first-order valence-electron chi connectivity index (χ1n) is 6.46. The molecule has 0 atom stereocenters. The van der Waals surface area contributed by atoms with Crippen LogP contribution in [-0.4, -0.2) is 50.0 Å². The lowest BCUT2D eigenvalue weighted by Crippen LogP contribution is -2.40. The number of nitrogens with one attached hydrogen (secondary N) is 2. The standard InChI is InChI=1S/C13H26N4O.HI/c1-5-7-8-11-17(4)13(14-6-2)16-10-9-15-12(3)18;/h5H,1,6-11H2,2-4H3,(H,14,16)(H,15,18);1H. The van der Waals surface area contributed by atoms with E-state index >= 15 is 0 Å². The van der Waals surface area contributed by atoms with Crippen LogP contribution in [0.4, 0.5) is 0 Å². The maximum Gasteiger partial charge on any atom is 0.216 e. The number of guanidine groups is 1. The third-order valence-corrected chi connectivity index (χ3v) is 2.35. The molecule has 1 amide bonds. The number of unbranched alkanes of at least 4 members (excludes halogenated alkanes) is 1. The fraction of sp³-hybridized carbons (Fsp3) is 0.692. The van der Waals surface area contributed by atoms with Crippen LogP contribution in [0.3, 0.4) is 0 Å². The Morgan fingerprint density at radius 1 is 1.42 bits per heavy atom. The largest absolute Gasteiger partial charge is 0.357 e. The van der Waals surface area contributed by atoms with Crippen LogP contribution < -0.4 is 10.6 Å². The first kappa shape index (κ1) is 20.5. The number of aliphatic imine (C=N–C) groups is 1. The van der Waals surface area contributed by atoms with Crippen LogP contribution in [0.1, 0.15) is 26.7 Å². The molecule has 0 aromatic heterocycles. The van der Waals surface area contributed by atoms with Crippen molar-refractivity contribution in [3.05, 3.63) is 12.7 Å². The summed E-state index contributed by atoms with van der Waals surface area (Å²) in [6.07, 6.45) is 4.00. The molecular formula is C13H27IN4O. The number of halogens is 1. The Morgan fingerprint density at radius 3 is 2.63 bits per heavy atom. The second-order valence-electron chi connectivity index (χ2n) is 4.07. The smallest absolute Gasteiger partial charge is 0.216 e. The number of rotatable bonds is 8. The van der Waals surface area contributed by atoms with Gasteiger partial charge in [-0.05, 0) is 19.8 Å². The second-order valence-corrected chi connectivity index (χ2v) is 4.07. The van der Waals surface area contributed by atoms with Gasteiger partial charge >= 0.3 is 0 Å². The number of amides is 1. The zero-order valence-corrected chi connectivity index (χ0v) is 14.6. The highest BCUT2D eigenvalue weighted by Gasteiger charge is 2.03. The van der Waals surface area contributed by atoms with Crippen LogP contribution in [0.25, 0.3) is 0 Å². The van der Waals surface area contributed by atoms with Gasteiger partial charge in [0.25, 0.3) is 0 Å². The molecule has 0 rings (SSSR count). The molecule has 112 valence electrons. The summed E-state index contributed by atoms with van der Waals surface area (Å²) in [6, 6.07) is 0. The summed E-state index contributed by atoms with van der Waals surface area (Å²) in [6.45, 7) is 10.2. The minimum atomic E-state index is -0.0189. The lowest BCUT2D eigenvalue weighted by Gasteiger charge is -2.21. The summed E-state index contributed by atoms with van der Waals surface area (Å²) in [5.74, 6) is 0.862. The summed E-state index contributed by atoms with van der Waals surface area (Å²) >= 11 is 0. The highest BCUT2D eigenvalue weighted by atomic mass is 127. The van der Waals surface area contributed by atoms with Crippen LogP contribution in [0.5, 0.6) is 0 Å². The van der Waals surface area contributed by atoms with Gasteiger partial charge in [0, 0.05) is 33.6 Å². The van der Waals surface area contributed by atoms with Crippen molar-refractivity contribution in [2.24, 2.45) is 4.99 Å². The zero-order chi connectivity index (χ0) is 13.8. The third kappa shape index (κ3) is 12.0. The van der Waals surface area contributed by atoms with E-state index in [1.165, 1.54) is 6.92 Å². The van der Waals surface area contributed by atoms with E-state index in [2.05, 4.69) is 27.1 Å². The van der Waals surface area contributed by atoms with Crippen LogP contribution in [0.15, 0.2) is 17.6 Å². The van der Waals surface area contributed by atoms with Gasteiger partial charge in [-0.3, -0.25) is 9.79 Å². The number of carbonyl (C=O) groups is 1. The molecule has 6 heteroatoms. The van der Waals surface area contributed by atoms with Gasteiger partial charge in [-0.1, -0.05) is 6.08 Å². The third-order valence-electron chi connectivity index (χ3n) is 2.35. The molecule has 0 unspecified atom stereocenters. The van der Waals surface area contributed by atoms with Gasteiger partial charge in [0.05, 0.1) is 6.54 Å². The molecule has 0 spiro atoms. The highest BCUT2D eigenvalue weighted by molar-refractivity contribution is 14.0. The van der Waals surface area contributed by atoms with E-state index in [1.54, 1.807) is 0 Å². The van der Waals surface area contributed by atoms with Crippen LogP contribution in [0, 0.1) is 0 Å². The Balaban J connectivity index is 0. The Hall–Kier alpha value is -0.790. The lowest BCUT2D eigenvalue weighted by atomic mass is 10.3. The van der Waals surface area contributed by atoms with Crippen molar-refractivity contribution in [2.45, 2.75) is 26.7 Å². The minimum Gasteiger partial charge on any atom is -0.357 e. The maximum atomic E-state index is 10.7. The molecule has 0 aliphatic heterocycles.